The van der Waals surface area contributed by atoms with Gasteiger partial charge in [0.15, 0.2) is 11.5 Å². The highest BCUT2D eigenvalue weighted by molar-refractivity contribution is 7.10. The van der Waals surface area contributed by atoms with Gasteiger partial charge in [0.05, 0.1) is 20.3 Å². The fourth-order valence-corrected chi connectivity index (χ4v) is 3.18. The minimum atomic E-state index is -0.0309. The van der Waals surface area contributed by atoms with Crippen molar-refractivity contribution in [1.82, 2.24) is 4.90 Å². The molecule has 1 aromatic heterocycles. The van der Waals surface area contributed by atoms with Crippen LogP contribution < -0.4 is 9.47 Å². The van der Waals surface area contributed by atoms with Gasteiger partial charge in [-0.15, -0.1) is 11.3 Å². The third-order valence-corrected chi connectivity index (χ3v) is 4.64. The van der Waals surface area contributed by atoms with E-state index in [1.807, 2.05) is 37.6 Å². The predicted molar refractivity (Wildman–Crippen MR) is 98.7 cm³/mol. The van der Waals surface area contributed by atoms with Crippen LogP contribution in [0.2, 0.25) is 0 Å². The SMILES string of the molecule is CCOc1cc(/C=C/C(=O)N(C)Cc2sccc2C)ccc1OC. The molecule has 0 spiro atoms. The summed E-state index contributed by atoms with van der Waals surface area (Å²) in [6, 6.07) is 7.68. The number of benzene rings is 1. The minimum Gasteiger partial charge on any atom is -0.493 e. The molecule has 0 radical (unpaired) electrons. The number of hydrogen-bond donors (Lipinski definition) is 0. The molecule has 0 fully saturated rings. The van der Waals surface area contributed by atoms with Gasteiger partial charge in [0, 0.05) is 18.0 Å². The van der Waals surface area contributed by atoms with Gasteiger partial charge in [-0.3, -0.25) is 4.79 Å². The lowest BCUT2D eigenvalue weighted by Gasteiger charge is -2.14. The maximum atomic E-state index is 12.3. The second-order valence-corrected chi connectivity index (χ2v) is 6.40. The third-order valence-electron chi connectivity index (χ3n) is 3.63. The van der Waals surface area contributed by atoms with E-state index in [0.717, 1.165) is 5.56 Å². The Kier molecular flexibility index (Phi) is 6.44. The maximum Gasteiger partial charge on any atom is 0.246 e. The van der Waals surface area contributed by atoms with E-state index in [4.69, 9.17) is 9.47 Å². The molecule has 2 rings (SSSR count). The molecule has 0 N–H and O–H groups in total. The number of ether oxygens (including phenoxy) is 2. The standard InChI is InChI=1S/C19H23NO3S/c1-5-23-17-12-15(6-8-16(17)22-4)7-9-19(21)20(3)13-18-14(2)10-11-24-18/h6-12H,5,13H2,1-4H3/b9-7+. The van der Waals surface area contributed by atoms with Gasteiger partial charge >= 0.3 is 0 Å². The van der Waals surface area contributed by atoms with Crippen LogP contribution in [-0.2, 0) is 11.3 Å². The number of methoxy groups -OCH3 is 1. The molecule has 0 bridgehead atoms. The van der Waals surface area contributed by atoms with Gasteiger partial charge in [-0.25, -0.2) is 0 Å². The fraction of sp³-hybridized carbons (Fsp3) is 0.316. The van der Waals surface area contributed by atoms with E-state index < -0.39 is 0 Å². The molecule has 1 heterocycles. The van der Waals surface area contributed by atoms with E-state index in [1.165, 1.54) is 10.4 Å². The van der Waals surface area contributed by atoms with Crippen LogP contribution in [0.5, 0.6) is 11.5 Å². The Balaban J connectivity index is 2.05. The zero-order valence-electron chi connectivity index (χ0n) is 14.5. The lowest BCUT2D eigenvalue weighted by atomic mass is 10.2. The summed E-state index contributed by atoms with van der Waals surface area (Å²) >= 11 is 1.67. The number of amides is 1. The van der Waals surface area contributed by atoms with Gasteiger partial charge in [-0.05, 0) is 54.6 Å². The van der Waals surface area contributed by atoms with Gasteiger partial charge in [0.25, 0.3) is 0 Å². The Morgan fingerprint density at radius 2 is 2.08 bits per heavy atom. The van der Waals surface area contributed by atoms with Crippen molar-refractivity contribution in [3.05, 3.63) is 51.7 Å². The van der Waals surface area contributed by atoms with E-state index in [9.17, 15) is 4.79 Å². The monoisotopic (exact) mass is 345 g/mol. The zero-order valence-corrected chi connectivity index (χ0v) is 15.4. The first-order valence-corrected chi connectivity index (χ1v) is 8.70. The van der Waals surface area contributed by atoms with Crippen LogP contribution in [0.4, 0.5) is 0 Å². The number of nitrogens with zero attached hydrogens (tertiary/aromatic N) is 1. The quantitative estimate of drug-likeness (QED) is 0.708. The van der Waals surface area contributed by atoms with Crippen LogP contribution >= 0.6 is 11.3 Å². The molecule has 5 heteroatoms. The van der Waals surface area contributed by atoms with Gasteiger partial charge < -0.3 is 14.4 Å². The molecule has 2 aromatic rings. The predicted octanol–water partition coefficient (Wildman–Crippen LogP) is 4.14. The Labute approximate surface area is 147 Å². The summed E-state index contributed by atoms with van der Waals surface area (Å²) in [6.45, 7) is 5.17. The van der Waals surface area contributed by atoms with Gasteiger partial charge in [-0.1, -0.05) is 6.07 Å². The highest BCUT2D eigenvalue weighted by Crippen LogP contribution is 2.28. The number of thiophene rings is 1. The van der Waals surface area contributed by atoms with Crippen LogP contribution in [0.15, 0.2) is 35.7 Å². The van der Waals surface area contributed by atoms with Crippen LogP contribution in [0.25, 0.3) is 6.08 Å². The van der Waals surface area contributed by atoms with Crippen molar-refractivity contribution in [2.45, 2.75) is 20.4 Å². The van der Waals surface area contributed by atoms with E-state index in [1.54, 1.807) is 35.5 Å². The van der Waals surface area contributed by atoms with Crippen LogP contribution in [-0.4, -0.2) is 31.6 Å². The molecule has 0 saturated heterocycles. The first kappa shape index (κ1) is 18.1. The molecular formula is C19H23NO3S. The molecule has 0 atom stereocenters. The summed E-state index contributed by atoms with van der Waals surface area (Å²) in [5.41, 5.74) is 2.12. The van der Waals surface area contributed by atoms with Crippen LogP contribution in [0, 0.1) is 6.92 Å². The molecule has 0 aliphatic heterocycles. The lowest BCUT2D eigenvalue weighted by Crippen LogP contribution is -2.23. The lowest BCUT2D eigenvalue weighted by molar-refractivity contribution is -0.125. The molecule has 0 unspecified atom stereocenters. The average molecular weight is 345 g/mol. The normalized spacial score (nSPS) is 10.8. The first-order valence-electron chi connectivity index (χ1n) is 7.82. The second kappa shape index (κ2) is 8.55. The molecule has 0 aliphatic rings. The van der Waals surface area contributed by atoms with E-state index in [0.29, 0.717) is 24.7 Å². The van der Waals surface area contributed by atoms with Crippen molar-refractivity contribution in [3.63, 3.8) is 0 Å². The zero-order chi connectivity index (χ0) is 17.5. The Morgan fingerprint density at radius 1 is 1.29 bits per heavy atom. The molecule has 1 amide bonds. The van der Waals surface area contributed by atoms with Crippen molar-refractivity contribution in [2.75, 3.05) is 20.8 Å². The van der Waals surface area contributed by atoms with Gasteiger partial charge in [0.2, 0.25) is 5.91 Å². The Morgan fingerprint density at radius 3 is 2.71 bits per heavy atom. The molecule has 0 aliphatic carbocycles. The average Bonchev–Trinajstić information content (AvgIpc) is 2.98. The number of aryl methyl sites for hydroxylation is 1. The molecular weight excluding hydrogens is 322 g/mol. The third kappa shape index (κ3) is 4.61. The highest BCUT2D eigenvalue weighted by Gasteiger charge is 2.09. The summed E-state index contributed by atoms with van der Waals surface area (Å²) < 4.78 is 10.8. The van der Waals surface area contributed by atoms with Crippen molar-refractivity contribution in [3.8, 4) is 11.5 Å². The van der Waals surface area contributed by atoms with Crippen molar-refractivity contribution >= 4 is 23.3 Å². The number of rotatable bonds is 7. The summed E-state index contributed by atoms with van der Waals surface area (Å²) in [6.07, 6.45) is 3.38. The molecule has 0 saturated carbocycles. The topological polar surface area (TPSA) is 38.8 Å². The highest BCUT2D eigenvalue weighted by atomic mass is 32.1. The van der Waals surface area contributed by atoms with E-state index in [-0.39, 0.29) is 5.91 Å². The van der Waals surface area contributed by atoms with Gasteiger partial charge in [0.1, 0.15) is 0 Å². The minimum absolute atomic E-state index is 0.0309. The summed E-state index contributed by atoms with van der Waals surface area (Å²) in [7, 11) is 3.42. The maximum absolute atomic E-state index is 12.3. The van der Waals surface area contributed by atoms with E-state index >= 15 is 0 Å². The molecule has 1 aromatic carbocycles. The Hall–Kier alpha value is -2.27. The van der Waals surface area contributed by atoms with Gasteiger partial charge in [-0.2, -0.15) is 0 Å². The number of likely N-dealkylation sites (N-methyl/N-ethyl adjacent to an activating group) is 1. The fourth-order valence-electron chi connectivity index (χ4n) is 2.22. The molecule has 24 heavy (non-hydrogen) atoms. The van der Waals surface area contributed by atoms with Crippen LogP contribution in [0.3, 0.4) is 0 Å². The smallest absolute Gasteiger partial charge is 0.246 e. The van der Waals surface area contributed by atoms with E-state index in [2.05, 4.69) is 13.0 Å². The first-order chi connectivity index (χ1) is 11.5. The molecule has 128 valence electrons. The van der Waals surface area contributed by atoms with Crippen molar-refractivity contribution in [2.24, 2.45) is 0 Å². The summed E-state index contributed by atoms with van der Waals surface area (Å²) in [5, 5.41) is 2.05. The molecule has 4 nitrogen and oxygen atoms in total. The number of hydrogen-bond acceptors (Lipinski definition) is 4. The number of carbonyl (C=O) groups excluding carboxylic acids is 1. The van der Waals surface area contributed by atoms with Crippen molar-refractivity contribution < 1.29 is 14.3 Å². The number of carbonyl (C=O) groups is 1. The van der Waals surface area contributed by atoms with Crippen molar-refractivity contribution in [1.29, 1.82) is 0 Å². The second-order valence-electron chi connectivity index (χ2n) is 5.40. The summed E-state index contributed by atoms with van der Waals surface area (Å²) in [5.74, 6) is 1.33. The Bertz CT molecular complexity index is 721. The largest absolute Gasteiger partial charge is 0.493 e. The van der Waals surface area contributed by atoms with Crippen LogP contribution in [0.1, 0.15) is 22.9 Å². The summed E-state index contributed by atoms with van der Waals surface area (Å²) in [4.78, 5) is 15.2.